The van der Waals surface area contributed by atoms with Crippen LogP contribution < -0.4 is 10.1 Å². The topological polar surface area (TPSA) is 89.3 Å². The summed E-state index contributed by atoms with van der Waals surface area (Å²) < 4.78 is 7.20. The fourth-order valence-corrected chi connectivity index (χ4v) is 2.28. The van der Waals surface area contributed by atoms with Crippen molar-refractivity contribution in [3.63, 3.8) is 0 Å². The number of benzene rings is 1. The van der Waals surface area contributed by atoms with Crippen molar-refractivity contribution in [2.75, 3.05) is 11.9 Å². The summed E-state index contributed by atoms with van der Waals surface area (Å²) in [5.41, 5.74) is 1.01. The van der Waals surface area contributed by atoms with Gasteiger partial charge in [0, 0.05) is 0 Å². The van der Waals surface area contributed by atoms with Crippen molar-refractivity contribution in [1.82, 2.24) is 14.8 Å². The molecule has 0 bridgehead atoms. The molecule has 2 N–H and O–H groups in total. The Morgan fingerprint density at radius 3 is 2.86 bits per heavy atom. The summed E-state index contributed by atoms with van der Waals surface area (Å²) in [5.74, 6) is 0.180. The number of allylic oxidation sites excluding steroid dienone is 1. The monoisotopic (exact) mass is 300 g/mol. The van der Waals surface area contributed by atoms with Gasteiger partial charge in [-0.05, 0) is 30.2 Å². The van der Waals surface area contributed by atoms with E-state index in [1.165, 1.54) is 6.33 Å². The smallest absolute Gasteiger partial charge is 0.352 e. The Bertz CT molecular complexity index is 706. The van der Waals surface area contributed by atoms with Gasteiger partial charge in [-0.2, -0.15) is 10.1 Å². The van der Waals surface area contributed by atoms with Gasteiger partial charge < -0.3 is 15.2 Å². The Morgan fingerprint density at radius 1 is 1.41 bits per heavy atom. The summed E-state index contributed by atoms with van der Waals surface area (Å²) in [5, 5.41) is 16.1. The van der Waals surface area contributed by atoms with Gasteiger partial charge in [0.25, 0.3) is 0 Å². The van der Waals surface area contributed by atoms with Crippen molar-refractivity contribution in [2.24, 2.45) is 0 Å². The zero-order valence-corrected chi connectivity index (χ0v) is 12.1. The lowest BCUT2D eigenvalue weighted by molar-refractivity contribution is -0.132. The highest BCUT2D eigenvalue weighted by atomic mass is 16.5. The molecule has 0 fully saturated rings. The second kappa shape index (κ2) is 5.88. The molecule has 0 saturated heterocycles. The van der Waals surface area contributed by atoms with Crippen molar-refractivity contribution in [1.29, 1.82) is 0 Å². The molecule has 0 unspecified atom stereocenters. The Hall–Kier alpha value is -2.83. The van der Waals surface area contributed by atoms with Crippen LogP contribution in [0, 0.1) is 0 Å². The Kier molecular flexibility index (Phi) is 3.78. The van der Waals surface area contributed by atoms with Gasteiger partial charge in [0.1, 0.15) is 23.8 Å². The van der Waals surface area contributed by atoms with Crippen LogP contribution in [0.4, 0.5) is 5.95 Å². The van der Waals surface area contributed by atoms with Gasteiger partial charge in [0.15, 0.2) is 0 Å². The van der Waals surface area contributed by atoms with Crippen LogP contribution in [0.3, 0.4) is 0 Å². The predicted octanol–water partition coefficient (Wildman–Crippen LogP) is 2.05. The standard InChI is InChI=1S/C15H16N4O3/c1-2-7-22-11-5-3-10(4-6-11)13-8-12(14(20)21)18-15-16-9-17-19(13)15/h3-6,8-9,13H,2,7H2,1H3,(H,20,21)(H,16,17,18)/t13-/m0/s1. The van der Waals surface area contributed by atoms with E-state index in [0.717, 1.165) is 17.7 Å². The lowest BCUT2D eigenvalue weighted by Gasteiger charge is -2.22. The number of hydrogen-bond donors (Lipinski definition) is 2. The van der Waals surface area contributed by atoms with Crippen LogP contribution in [-0.2, 0) is 4.79 Å². The molecule has 1 aliphatic rings. The number of carboxylic acid groups (broad SMARTS) is 1. The Morgan fingerprint density at radius 2 is 2.18 bits per heavy atom. The van der Waals surface area contributed by atoms with Gasteiger partial charge in [-0.25, -0.2) is 9.48 Å². The largest absolute Gasteiger partial charge is 0.494 e. The minimum absolute atomic E-state index is 0.0943. The third kappa shape index (κ3) is 2.65. The molecule has 0 amide bonds. The molecule has 1 aliphatic heterocycles. The summed E-state index contributed by atoms with van der Waals surface area (Å²) in [6, 6.07) is 7.24. The molecule has 0 aliphatic carbocycles. The number of hydrogen-bond acceptors (Lipinski definition) is 5. The highest BCUT2D eigenvalue weighted by Crippen LogP contribution is 2.29. The van der Waals surface area contributed by atoms with Crippen LogP contribution in [-0.4, -0.2) is 32.4 Å². The molecule has 0 radical (unpaired) electrons. The molecule has 0 saturated carbocycles. The van der Waals surface area contributed by atoms with E-state index in [2.05, 4.69) is 15.4 Å². The number of rotatable bonds is 5. The average Bonchev–Trinajstić information content (AvgIpc) is 3.01. The van der Waals surface area contributed by atoms with Crippen LogP contribution >= 0.6 is 0 Å². The maximum Gasteiger partial charge on any atom is 0.352 e. The molecule has 1 aromatic carbocycles. The number of carbonyl (C=O) groups is 1. The highest BCUT2D eigenvalue weighted by Gasteiger charge is 2.25. The SMILES string of the molecule is CCCOc1ccc([C@@H]2C=C(C(=O)O)Nc3ncnn32)cc1. The fourth-order valence-electron chi connectivity index (χ4n) is 2.28. The summed E-state index contributed by atoms with van der Waals surface area (Å²) in [7, 11) is 0. The molecule has 114 valence electrons. The third-order valence-corrected chi connectivity index (χ3v) is 3.33. The van der Waals surface area contributed by atoms with Crippen molar-refractivity contribution >= 4 is 11.9 Å². The maximum atomic E-state index is 11.2. The summed E-state index contributed by atoms with van der Waals surface area (Å²) in [6.45, 7) is 2.72. The quantitative estimate of drug-likeness (QED) is 0.878. The van der Waals surface area contributed by atoms with Crippen molar-refractivity contribution in [3.05, 3.63) is 47.9 Å². The summed E-state index contributed by atoms with van der Waals surface area (Å²) in [6.07, 6.45) is 3.96. The van der Waals surface area contributed by atoms with Crippen molar-refractivity contribution < 1.29 is 14.6 Å². The normalized spacial score (nSPS) is 16.4. The number of aromatic nitrogens is 3. The number of nitrogens with zero attached hydrogens (tertiary/aromatic N) is 3. The van der Waals surface area contributed by atoms with Crippen LogP contribution in [0.25, 0.3) is 0 Å². The first-order chi connectivity index (χ1) is 10.7. The molecule has 2 aromatic rings. The van der Waals surface area contributed by atoms with Crippen LogP contribution in [0.2, 0.25) is 0 Å². The number of nitrogens with one attached hydrogen (secondary N) is 1. The molecular weight excluding hydrogens is 284 g/mol. The van der Waals surface area contributed by atoms with E-state index in [4.69, 9.17) is 4.74 Å². The number of carboxylic acids is 1. The third-order valence-electron chi connectivity index (χ3n) is 3.33. The molecule has 1 atom stereocenters. The summed E-state index contributed by atoms with van der Waals surface area (Å²) in [4.78, 5) is 15.3. The lowest BCUT2D eigenvalue weighted by atomic mass is 10.0. The maximum absolute atomic E-state index is 11.2. The second-order valence-electron chi connectivity index (χ2n) is 4.90. The highest BCUT2D eigenvalue weighted by molar-refractivity contribution is 5.90. The van der Waals surface area contributed by atoms with Crippen LogP contribution in [0.5, 0.6) is 5.75 Å². The fraction of sp³-hybridized carbons (Fsp3) is 0.267. The predicted molar refractivity (Wildman–Crippen MR) is 79.7 cm³/mol. The number of fused-ring (bicyclic) bond motifs is 1. The first-order valence-electron chi connectivity index (χ1n) is 7.03. The van der Waals surface area contributed by atoms with E-state index in [0.29, 0.717) is 12.6 Å². The molecule has 1 aromatic heterocycles. The second-order valence-corrected chi connectivity index (χ2v) is 4.90. The Balaban J connectivity index is 1.91. The van der Waals surface area contributed by atoms with Crippen molar-refractivity contribution in [3.8, 4) is 5.75 Å². The minimum Gasteiger partial charge on any atom is -0.494 e. The van der Waals surface area contributed by atoms with E-state index in [-0.39, 0.29) is 11.7 Å². The Labute approximate surface area is 127 Å². The molecular formula is C15H16N4O3. The van der Waals surface area contributed by atoms with Gasteiger partial charge in [0.2, 0.25) is 5.95 Å². The van der Waals surface area contributed by atoms with E-state index in [1.54, 1.807) is 10.8 Å². The molecule has 0 spiro atoms. The van der Waals surface area contributed by atoms with Gasteiger partial charge in [-0.3, -0.25) is 0 Å². The van der Waals surface area contributed by atoms with Gasteiger partial charge >= 0.3 is 5.97 Å². The van der Waals surface area contributed by atoms with E-state index < -0.39 is 5.97 Å². The first-order valence-corrected chi connectivity index (χ1v) is 7.03. The number of ether oxygens (including phenoxy) is 1. The minimum atomic E-state index is -1.03. The molecule has 22 heavy (non-hydrogen) atoms. The van der Waals surface area contributed by atoms with Gasteiger partial charge in [-0.15, -0.1) is 0 Å². The summed E-state index contributed by atoms with van der Waals surface area (Å²) >= 11 is 0. The van der Waals surface area contributed by atoms with Crippen molar-refractivity contribution in [2.45, 2.75) is 19.4 Å². The molecule has 3 rings (SSSR count). The molecule has 7 nitrogen and oxygen atoms in total. The zero-order valence-electron chi connectivity index (χ0n) is 12.1. The van der Waals surface area contributed by atoms with E-state index in [9.17, 15) is 9.90 Å². The first kappa shape index (κ1) is 14.1. The molecule has 2 heterocycles. The van der Waals surface area contributed by atoms with E-state index >= 15 is 0 Å². The van der Waals surface area contributed by atoms with E-state index in [1.807, 2.05) is 31.2 Å². The molecule has 7 heteroatoms. The number of aliphatic carboxylic acids is 1. The lowest BCUT2D eigenvalue weighted by Crippen LogP contribution is -2.24. The average molecular weight is 300 g/mol. The number of anilines is 1. The zero-order chi connectivity index (χ0) is 15.5. The van der Waals surface area contributed by atoms with Gasteiger partial charge in [-0.1, -0.05) is 19.1 Å². The van der Waals surface area contributed by atoms with Crippen LogP contribution in [0.1, 0.15) is 24.9 Å². The van der Waals surface area contributed by atoms with Gasteiger partial charge in [0.05, 0.1) is 6.61 Å². The van der Waals surface area contributed by atoms with Crippen LogP contribution in [0.15, 0.2) is 42.4 Å².